The molecule has 1 saturated heterocycles. The van der Waals surface area contributed by atoms with Gasteiger partial charge in [-0.1, -0.05) is 33.6 Å². The van der Waals surface area contributed by atoms with Gasteiger partial charge in [-0.2, -0.15) is 5.10 Å². The Morgan fingerprint density at radius 1 is 1.02 bits per heavy atom. The SMILES string of the molecule is CC(=O)c1nn2c3c(cc(-c4cnc(C)nc4)cc13)CCCCCCC(=O)NC[C@@]13C[C@@H](C(=O)NCC(C)(C)C)N(C(=O)C2)[C@@H]1C3. The smallest absolute Gasteiger partial charge is 0.245 e. The summed E-state index contributed by atoms with van der Waals surface area (Å²) in [5.74, 6) is 0.132. The van der Waals surface area contributed by atoms with E-state index in [1.807, 2.05) is 13.0 Å². The topological polar surface area (TPSA) is 139 Å². The highest BCUT2D eigenvalue weighted by Crippen LogP contribution is 2.59. The molecule has 2 aromatic heterocycles. The molecule has 3 aromatic rings. The van der Waals surface area contributed by atoms with Crippen LogP contribution >= 0.6 is 0 Å². The standard InChI is InChI=1S/C35H45N7O4/c1-21(43)31-26-13-24(25-16-36-22(2)37-17-25)12-23-10-8-6-7-9-11-29(44)38-20-35-14-27(33(46)39-19-34(3,4)5)42(28(35)15-35)30(45)18-41(40-31)32(23)26/h12-13,16-17,27-28H,6-11,14-15,18-20H2,1-5H3,(H,38,44)(H,39,46)/t27-,28+,35-/m0/s1. The summed E-state index contributed by atoms with van der Waals surface area (Å²) in [6.45, 7) is 10.3. The van der Waals surface area contributed by atoms with Gasteiger partial charge < -0.3 is 15.5 Å². The fourth-order valence-corrected chi connectivity index (χ4v) is 7.14. The van der Waals surface area contributed by atoms with Crippen LogP contribution < -0.4 is 10.6 Å². The minimum absolute atomic E-state index is 0.0227. The van der Waals surface area contributed by atoms with Gasteiger partial charge in [0.2, 0.25) is 17.7 Å². The van der Waals surface area contributed by atoms with E-state index in [0.717, 1.165) is 54.3 Å². The molecule has 1 aromatic carbocycles. The van der Waals surface area contributed by atoms with E-state index in [1.165, 1.54) is 6.92 Å². The summed E-state index contributed by atoms with van der Waals surface area (Å²) >= 11 is 0. The molecular formula is C35H45N7O4. The van der Waals surface area contributed by atoms with Crippen LogP contribution in [0.4, 0.5) is 0 Å². The first-order chi connectivity index (χ1) is 21.8. The first kappa shape index (κ1) is 31.8. The minimum Gasteiger partial charge on any atom is -0.355 e. The highest BCUT2D eigenvalue weighted by atomic mass is 16.2. The lowest BCUT2D eigenvalue weighted by Gasteiger charge is -2.28. The van der Waals surface area contributed by atoms with Crippen molar-refractivity contribution in [2.75, 3.05) is 13.1 Å². The van der Waals surface area contributed by atoms with Crippen LogP contribution in [0.3, 0.4) is 0 Å². The molecule has 3 atom stereocenters. The van der Waals surface area contributed by atoms with Crippen LogP contribution in [0.2, 0.25) is 0 Å². The Bertz CT molecular complexity index is 1690. The normalized spacial score (nSPS) is 23.9. The molecular weight excluding hydrogens is 582 g/mol. The largest absolute Gasteiger partial charge is 0.355 e. The third kappa shape index (κ3) is 6.41. The number of rotatable bonds is 4. The number of piperidine rings is 1. The Balaban J connectivity index is 1.41. The molecule has 46 heavy (non-hydrogen) atoms. The number of Topliss-reactive ketones (excluding diaryl/α,β-unsaturated/α-hetero) is 1. The van der Waals surface area contributed by atoms with Crippen LogP contribution in [-0.4, -0.2) is 73.3 Å². The summed E-state index contributed by atoms with van der Waals surface area (Å²) in [5.41, 5.74) is 3.38. The molecule has 244 valence electrons. The molecule has 2 N–H and O–H groups in total. The highest BCUT2D eigenvalue weighted by Gasteiger charge is 2.67. The van der Waals surface area contributed by atoms with Crippen LogP contribution in [0, 0.1) is 17.8 Å². The third-order valence-electron chi connectivity index (χ3n) is 9.69. The van der Waals surface area contributed by atoms with Gasteiger partial charge in [0.25, 0.3) is 0 Å². The highest BCUT2D eigenvalue weighted by molar-refractivity contribution is 6.07. The second-order valence-electron chi connectivity index (χ2n) is 14.7. The fourth-order valence-electron chi connectivity index (χ4n) is 7.14. The van der Waals surface area contributed by atoms with Gasteiger partial charge in [0.1, 0.15) is 24.1 Å². The van der Waals surface area contributed by atoms with E-state index >= 15 is 0 Å². The van der Waals surface area contributed by atoms with Gasteiger partial charge in [0.05, 0.1) is 5.52 Å². The van der Waals surface area contributed by atoms with Crippen molar-refractivity contribution in [3.63, 3.8) is 0 Å². The summed E-state index contributed by atoms with van der Waals surface area (Å²) in [6, 6.07) is 3.27. The molecule has 1 saturated carbocycles. The van der Waals surface area contributed by atoms with Gasteiger partial charge in [0, 0.05) is 61.2 Å². The van der Waals surface area contributed by atoms with Crippen molar-refractivity contribution < 1.29 is 19.2 Å². The van der Waals surface area contributed by atoms with Crippen molar-refractivity contribution in [3.8, 4) is 11.1 Å². The lowest BCUT2D eigenvalue weighted by Crippen LogP contribution is -2.50. The van der Waals surface area contributed by atoms with Crippen molar-refractivity contribution in [1.29, 1.82) is 0 Å². The zero-order valence-electron chi connectivity index (χ0n) is 27.6. The average molecular weight is 628 g/mol. The number of amides is 3. The Morgan fingerprint density at radius 3 is 2.43 bits per heavy atom. The molecule has 0 unspecified atom stereocenters. The number of ketones is 1. The van der Waals surface area contributed by atoms with Crippen LogP contribution in [-0.2, 0) is 27.3 Å². The molecule has 11 nitrogen and oxygen atoms in total. The first-order valence-electron chi connectivity index (χ1n) is 16.5. The summed E-state index contributed by atoms with van der Waals surface area (Å²) in [5, 5.41) is 11.6. The van der Waals surface area contributed by atoms with Crippen LogP contribution in [0.25, 0.3) is 22.0 Å². The fraction of sp³-hybridized carbons (Fsp3) is 0.571. The lowest BCUT2D eigenvalue weighted by atomic mass is 9.95. The maximum absolute atomic E-state index is 14.3. The lowest BCUT2D eigenvalue weighted by molar-refractivity contribution is -0.140. The number of nitrogens with one attached hydrogen (secondary N) is 2. The molecule has 1 aliphatic carbocycles. The van der Waals surface area contributed by atoms with E-state index in [4.69, 9.17) is 5.10 Å². The Kier molecular flexibility index (Phi) is 8.45. The van der Waals surface area contributed by atoms with Gasteiger partial charge in [-0.15, -0.1) is 0 Å². The van der Waals surface area contributed by atoms with E-state index in [0.29, 0.717) is 49.3 Å². The quantitative estimate of drug-likeness (QED) is 0.415. The molecule has 6 rings (SSSR count). The van der Waals surface area contributed by atoms with Crippen molar-refractivity contribution in [2.24, 2.45) is 10.8 Å². The zero-order valence-corrected chi connectivity index (χ0v) is 27.6. The van der Waals surface area contributed by atoms with Crippen LogP contribution in [0.5, 0.6) is 0 Å². The zero-order chi connectivity index (χ0) is 32.8. The Hall–Kier alpha value is -4.15. The number of hydrogen-bond donors (Lipinski definition) is 2. The van der Waals surface area contributed by atoms with Gasteiger partial charge in [-0.05, 0) is 67.7 Å². The summed E-state index contributed by atoms with van der Waals surface area (Å²) in [4.78, 5) is 64.0. The molecule has 0 radical (unpaired) electrons. The summed E-state index contributed by atoms with van der Waals surface area (Å²) < 4.78 is 1.67. The average Bonchev–Trinajstić information content (AvgIpc) is 3.41. The van der Waals surface area contributed by atoms with Crippen LogP contribution in [0.15, 0.2) is 24.5 Å². The van der Waals surface area contributed by atoms with Crippen LogP contribution in [0.1, 0.15) is 94.5 Å². The Morgan fingerprint density at radius 2 is 1.74 bits per heavy atom. The number of carbonyl (C=O) groups is 4. The summed E-state index contributed by atoms with van der Waals surface area (Å²) in [7, 11) is 0. The maximum atomic E-state index is 14.3. The number of nitrogens with zero attached hydrogens (tertiary/aromatic N) is 5. The monoisotopic (exact) mass is 627 g/mol. The maximum Gasteiger partial charge on any atom is 0.245 e. The molecule has 2 fully saturated rings. The van der Waals surface area contributed by atoms with E-state index < -0.39 is 6.04 Å². The van der Waals surface area contributed by atoms with Gasteiger partial charge >= 0.3 is 0 Å². The number of aromatic nitrogens is 4. The first-order valence-corrected chi connectivity index (χ1v) is 16.5. The molecule has 4 heterocycles. The molecule has 2 aliphatic heterocycles. The van der Waals surface area contributed by atoms with E-state index in [2.05, 4.69) is 47.4 Å². The van der Waals surface area contributed by atoms with Gasteiger partial charge in [-0.3, -0.25) is 23.9 Å². The van der Waals surface area contributed by atoms with Crippen molar-refractivity contribution >= 4 is 34.4 Å². The van der Waals surface area contributed by atoms with E-state index in [9.17, 15) is 19.2 Å². The molecule has 3 amide bonds. The molecule has 0 spiro atoms. The molecule has 2 bridgehead atoms. The second kappa shape index (κ2) is 12.2. The molecule has 11 heteroatoms. The third-order valence-corrected chi connectivity index (χ3v) is 9.69. The minimum atomic E-state index is -0.633. The predicted molar refractivity (Wildman–Crippen MR) is 174 cm³/mol. The van der Waals surface area contributed by atoms with Gasteiger partial charge in [0.15, 0.2) is 5.78 Å². The number of hydrogen-bond acceptors (Lipinski definition) is 7. The summed E-state index contributed by atoms with van der Waals surface area (Å²) in [6.07, 6.45) is 9.54. The van der Waals surface area contributed by atoms with Crippen molar-refractivity contribution in [3.05, 3.63) is 41.6 Å². The van der Waals surface area contributed by atoms with Crippen molar-refractivity contribution in [1.82, 2.24) is 35.3 Å². The number of benzene rings is 1. The number of carbonyl (C=O) groups excluding carboxylic acids is 4. The van der Waals surface area contributed by atoms with Crippen molar-refractivity contribution in [2.45, 2.75) is 105 Å². The van der Waals surface area contributed by atoms with E-state index in [1.54, 1.807) is 22.0 Å². The number of aryl methyl sites for hydroxylation is 2. The second-order valence-corrected chi connectivity index (χ2v) is 14.7. The molecule has 3 aliphatic rings. The Labute approximate surface area is 269 Å². The van der Waals surface area contributed by atoms with Gasteiger partial charge in [-0.25, -0.2) is 9.97 Å². The van der Waals surface area contributed by atoms with E-state index in [-0.39, 0.29) is 46.9 Å². The predicted octanol–water partition coefficient (Wildman–Crippen LogP) is 4.15.